The molecular formula is C18H34N8O4. The molecule has 0 bridgehead atoms. The standard InChI is InChI=1S/C10H20N2O2.C8H14N6O2/c1-10(2,3)14-9(13)12-8-4-6-11-7-5-8;1-13-7(10-11-12-13)14-4-2-6(3-5-14)9-8(15)16/h8,11H,4-7H2,1-3H3,(H,12,13);6,9H,2-5H2,1H3,(H,15,16). The zero-order valence-electron chi connectivity index (χ0n) is 18.2. The first kappa shape index (κ1) is 23.6. The lowest BCUT2D eigenvalue weighted by molar-refractivity contribution is 0.0495. The van der Waals surface area contributed by atoms with E-state index in [2.05, 4.69) is 36.4 Å². The molecule has 2 saturated heterocycles. The molecule has 4 N–H and O–H groups in total. The molecule has 3 rings (SSSR count). The largest absolute Gasteiger partial charge is 0.465 e. The number of aryl methyl sites for hydroxylation is 1. The first-order chi connectivity index (χ1) is 14.1. The van der Waals surface area contributed by atoms with Crippen molar-refractivity contribution < 1.29 is 19.4 Å². The number of rotatable bonds is 3. The number of hydrogen-bond donors (Lipinski definition) is 4. The monoisotopic (exact) mass is 426 g/mol. The molecule has 3 heterocycles. The second-order valence-electron chi connectivity index (χ2n) is 8.48. The van der Waals surface area contributed by atoms with E-state index >= 15 is 0 Å². The number of hydrogen-bond acceptors (Lipinski definition) is 8. The summed E-state index contributed by atoms with van der Waals surface area (Å²) in [5, 5.41) is 28.5. The van der Waals surface area contributed by atoms with Gasteiger partial charge in [0.15, 0.2) is 0 Å². The molecule has 2 aliphatic rings. The van der Waals surface area contributed by atoms with Crippen LogP contribution >= 0.6 is 0 Å². The van der Waals surface area contributed by atoms with Crippen LogP contribution in [0.3, 0.4) is 0 Å². The van der Waals surface area contributed by atoms with E-state index in [0.717, 1.165) is 57.8 Å². The number of nitrogens with one attached hydrogen (secondary N) is 3. The molecule has 170 valence electrons. The molecule has 2 amide bonds. The van der Waals surface area contributed by atoms with E-state index in [9.17, 15) is 9.59 Å². The fourth-order valence-electron chi connectivity index (χ4n) is 3.33. The van der Waals surface area contributed by atoms with Crippen LogP contribution in [0.15, 0.2) is 0 Å². The quantitative estimate of drug-likeness (QED) is 0.548. The summed E-state index contributed by atoms with van der Waals surface area (Å²) in [7, 11) is 1.79. The molecule has 1 aromatic heterocycles. The van der Waals surface area contributed by atoms with Crippen LogP contribution in [0, 0.1) is 0 Å². The first-order valence-corrected chi connectivity index (χ1v) is 10.3. The van der Waals surface area contributed by atoms with Crippen molar-refractivity contribution in [2.75, 3.05) is 31.1 Å². The molecule has 0 aromatic carbocycles. The van der Waals surface area contributed by atoms with Crippen LogP contribution in [0.5, 0.6) is 0 Å². The van der Waals surface area contributed by atoms with Gasteiger partial charge in [0.05, 0.1) is 0 Å². The highest BCUT2D eigenvalue weighted by Gasteiger charge is 2.23. The Balaban J connectivity index is 0.000000216. The molecule has 0 aliphatic carbocycles. The van der Waals surface area contributed by atoms with Crippen molar-refractivity contribution in [1.82, 2.24) is 36.2 Å². The van der Waals surface area contributed by atoms with Gasteiger partial charge in [0.25, 0.3) is 0 Å². The third-order valence-electron chi connectivity index (χ3n) is 4.76. The zero-order chi connectivity index (χ0) is 22.1. The maximum atomic E-state index is 11.4. The van der Waals surface area contributed by atoms with Gasteiger partial charge >= 0.3 is 12.2 Å². The lowest BCUT2D eigenvalue weighted by Gasteiger charge is -2.31. The average Bonchev–Trinajstić information content (AvgIpc) is 3.08. The third kappa shape index (κ3) is 8.39. The second kappa shape index (κ2) is 11.0. The van der Waals surface area contributed by atoms with Gasteiger partial charge in [-0.05, 0) is 70.0 Å². The van der Waals surface area contributed by atoms with Crippen LogP contribution in [-0.4, -0.2) is 81.4 Å². The molecule has 0 atom stereocenters. The Bertz CT molecular complexity index is 676. The summed E-state index contributed by atoms with van der Waals surface area (Å²) in [4.78, 5) is 23.9. The maximum absolute atomic E-state index is 11.4. The lowest BCUT2D eigenvalue weighted by atomic mass is 10.1. The Hall–Kier alpha value is -2.63. The van der Waals surface area contributed by atoms with Crippen molar-refractivity contribution in [3.05, 3.63) is 0 Å². The van der Waals surface area contributed by atoms with Crippen LogP contribution in [0.25, 0.3) is 0 Å². The molecule has 12 heteroatoms. The maximum Gasteiger partial charge on any atom is 0.407 e. The van der Waals surface area contributed by atoms with Gasteiger partial charge in [-0.25, -0.2) is 14.3 Å². The fourth-order valence-corrected chi connectivity index (χ4v) is 3.33. The number of aromatic nitrogens is 4. The van der Waals surface area contributed by atoms with Crippen molar-refractivity contribution >= 4 is 18.1 Å². The summed E-state index contributed by atoms with van der Waals surface area (Å²) in [5.41, 5.74) is -0.406. The molecule has 2 fully saturated rings. The second-order valence-corrected chi connectivity index (χ2v) is 8.48. The number of alkyl carbamates (subject to hydrolysis) is 1. The Morgan fingerprint density at radius 2 is 1.70 bits per heavy atom. The smallest absolute Gasteiger partial charge is 0.407 e. The molecule has 1 aromatic rings. The molecule has 2 aliphatic heterocycles. The summed E-state index contributed by atoms with van der Waals surface area (Å²) in [6.07, 6.45) is 2.26. The Kier molecular flexibility index (Phi) is 8.63. The van der Waals surface area contributed by atoms with E-state index in [0.29, 0.717) is 0 Å². The molecule has 0 unspecified atom stereocenters. The van der Waals surface area contributed by atoms with Gasteiger partial charge < -0.3 is 30.7 Å². The minimum Gasteiger partial charge on any atom is -0.465 e. The van der Waals surface area contributed by atoms with Crippen molar-refractivity contribution in [2.24, 2.45) is 7.05 Å². The number of anilines is 1. The Morgan fingerprint density at radius 3 is 2.20 bits per heavy atom. The normalized spacial score (nSPS) is 18.2. The zero-order valence-corrected chi connectivity index (χ0v) is 18.2. The molecule has 0 radical (unpaired) electrons. The SMILES string of the molecule is CC(C)(C)OC(=O)NC1CCNCC1.Cn1nnnc1N1CCC(NC(=O)O)CC1. The summed E-state index contributed by atoms with van der Waals surface area (Å²) in [5.74, 6) is 0.730. The van der Waals surface area contributed by atoms with Crippen molar-refractivity contribution in [3.63, 3.8) is 0 Å². The number of carbonyl (C=O) groups excluding carboxylic acids is 1. The van der Waals surface area contributed by atoms with Gasteiger partial charge in [-0.1, -0.05) is 5.10 Å². The summed E-state index contributed by atoms with van der Waals surface area (Å²) in [6, 6.07) is 0.307. The number of carboxylic acid groups (broad SMARTS) is 1. The predicted molar refractivity (Wildman–Crippen MR) is 110 cm³/mol. The molecule has 0 spiro atoms. The topological polar surface area (TPSA) is 147 Å². The van der Waals surface area contributed by atoms with Crippen LogP contribution in [0.4, 0.5) is 15.5 Å². The van der Waals surface area contributed by atoms with E-state index < -0.39 is 11.7 Å². The number of tetrazole rings is 1. The number of piperidine rings is 2. The minimum atomic E-state index is -0.959. The van der Waals surface area contributed by atoms with E-state index in [1.807, 2.05) is 20.8 Å². The van der Waals surface area contributed by atoms with Gasteiger partial charge in [-0.15, -0.1) is 0 Å². The number of nitrogens with zero attached hydrogens (tertiary/aromatic N) is 5. The van der Waals surface area contributed by atoms with Gasteiger partial charge in [0, 0.05) is 32.2 Å². The van der Waals surface area contributed by atoms with Crippen molar-refractivity contribution in [3.8, 4) is 0 Å². The number of amides is 2. The Labute approximate surface area is 176 Å². The van der Waals surface area contributed by atoms with Crippen molar-refractivity contribution in [1.29, 1.82) is 0 Å². The molecule has 30 heavy (non-hydrogen) atoms. The van der Waals surface area contributed by atoms with Crippen LogP contribution in [0.2, 0.25) is 0 Å². The summed E-state index contributed by atoms with van der Waals surface area (Å²) in [6.45, 7) is 9.08. The van der Waals surface area contributed by atoms with Gasteiger partial charge in [0.2, 0.25) is 5.95 Å². The van der Waals surface area contributed by atoms with Gasteiger partial charge in [-0.2, -0.15) is 0 Å². The van der Waals surface area contributed by atoms with Crippen molar-refractivity contribution in [2.45, 2.75) is 64.1 Å². The van der Waals surface area contributed by atoms with Crippen LogP contribution in [0.1, 0.15) is 46.5 Å². The highest BCUT2D eigenvalue weighted by Crippen LogP contribution is 2.16. The fraction of sp³-hybridized carbons (Fsp3) is 0.833. The number of ether oxygens (including phenoxy) is 1. The summed E-state index contributed by atoms with van der Waals surface area (Å²) < 4.78 is 6.79. The Morgan fingerprint density at radius 1 is 1.10 bits per heavy atom. The third-order valence-corrected chi connectivity index (χ3v) is 4.76. The number of carbonyl (C=O) groups is 2. The summed E-state index contributed by atoms with van der Waals surface area (Å²) >= 11 is 0. The lowest BCUT2D eigenvalue weighted by Crippen LogP contribution is -2.45. The highest BCUT2D eigenvalue weighted by molar-refractivity contribution is 5.68. The predicted octanol–water partition coefficient (Wildman–Crippen LogP) is 0.710. The van der Waals surface area contributed by atoms with Crippen LogP contribution < -0.4 is 20.9 Å². The minimum absolute atomic E-state index is 0.0370. The van der Waals surface area contributed by atoms with Crippen LogP contribution in [-0.2, 0) is 11.8 Å². The molecule has 0 saturated carbocycles. The van der Waals surface area contributed by atoms with E-state index in [1.54, 1.807) is 11.7 Å². The highest BCUT2D eigenvalue weighted by atomic mass is 16.6. The average molecular weight is 427 g/mol. The van der Waals surface area contributed by atoms with Gasteiger partial charge in [0.1, 0.15) is 5.60 Å². The molecule has 12 nitrogen and oxygen atoms in total. The van der Waals surface area contributed by atoms with E-state index in [4.69, 9.17) is 9.84 Å². The van der Waals surface area contributed by atoms with E-state index in [-0.39, 0.29) is 18.2 Å². The first-order valence-electron chi connectivity index (χ1n) is 10.3. The van der Waals surface area contributed by atoms with Gasteiger partial charge in [-0.3, -0.25) is 0 Å². The molecular weight excluding hydrogens is 392 g/mol. The van der Waals surface area contributed by atoms with E-state index in [1.165, 1.54) is 0 Å².